The lowest BCUT2D eigenvalue weighted by Gasteiger charge is -2.20. The summed E-state index contributed by atoms with van der Waals surface area (Å²) in [6.45, 7) is 12.0. The maximum atomic E-state index is 4.97. The molecule has 0 aliphatic rings. The standard InChI is InChI=1S/C11H25NOS/c1-9(2)11(4)14-10(3)8-12-6-7-13-5/h9-12H,6-8H2,1-5H3. The molecule has 0 amide bonds. The van der Waals surface area contributed by atoms with Gasteiger partial charge in [0.05, 0.1) is 6.61 Å². The van der Waals surface area contributed by atoms with Crippen LogP contribution < -0.4 is 5.32 Å². The van der Waals surface area contributed by atoms with Gasteiger partial charge in [-0.3, -0.25) is 0 Å². The molecule has 1 N–H and O–H groups in total. The third-order valence-electron chi connectivity index (χ3n) is 2.30. The van der Waals surface area contributed by atoms with Crippen LogP contribution in [0.5, 0.6) is 0 Å². The van der Waals surface area contributed by atoms with Crippen molar-refractivity contribution in [1.29, 1.82) is 0 Å². The Hall–Kier alpha value is 0.270. The smallest absolute Gasteiger partial charge is 0.0587 e. The van der Waals surface area contributed by atoms with Crippen molar-refractivity contribution in [2.24, 2.45) is 5.92 Å². The number of nitrogens with one attached hydrogen (secondary N) is 1. The second-order valence-corrected chi connectivity index (χ2v) is 5.91. The van der Waals surface area contributed by atoms with E-state index in [1.54, 1.807) is 7.11 Å². The van der Waals surface area contributed by atoms with E-state index >= 15 is 0 Å². The second kappa shape index (κ2) is 8.57. The lowest BCUT2D eigenvalue weighted by atomic mass is 10.2. The Morgan fingerprint density at radius 2 is 1.86 bits per heavy atom. The van der Waals surface area contributed by atoms with Gasteiger partial charge in [-0.05, 0) is 5.92 Å². The van der Waals surface area contributed by atoms with E-state index < -0.39 is 0 Å². The van der Waals surface area contributed by atoms with Crippen LogP contribution in [0.15, 0.2) is 0 Å². The molecule has 2 nitrogen and oxygen atoms in total. The molecule has 0 aromatic rings. The molecule has 0 aromatic heterocycles. The molecule has 0 bridgehead atoms. The zero-order valence-electron chi connectivity index (χ0n) is 10.2. The SMILES string of the molecule is COCCNCC(C)SC(C)C(C)C. The molecular weight excluding hydrogens is 194 g/mol. The lowest BCUT2D eigenvalue weighted by molar-refractivity contribution is 0.199. The highest BCUT2D eigenvalue weighted by Gasteiger charge is 2.11. The van der Waals surface area contributed by atoms with Crippen LogP contribution in [-0.4, -0.2) is 37.3 Å². The van der Waals surface area contributed by atoms with Gasteiger partial charge in [0, 0.05) is 30.7 Å². The Labute approximate surface area is 93.2 Å². The Balaban J connectivity index is 3.40. The van der Waals surface area contributed by atoms with E-state index in [9.17, 15) is 0 Å². The average molecular weight is 219 g/mol. The van der Waals surface area contributed by atoms with Crippen molar-refractivity contribution < 1.29 is 4.74 Å². The van der Waals surface area contributed by atoms with Crippen LogP contribution in [0.3, 0.4) is 0 Å². The summed E-state index contributed by atoms with van der Waals surface area (Å²) in [5.41, 5.74) is 0. The lowest BCUT2D eigenvalue weighted by Crippen LogP contribution is -2.27. The van der Waals surface area contributed by atoms with E-state index in [0.29, 0.717) is 5.25 Å². The van der Waals surface area contributed by atoms with Crippen LogP contribution in [0.2, 0.25) is 0 Å². The van der Waals surface area contributed by atoms with Crippen LogP contribution in [0, 0.1) is 5.92 Å². The Kier molecular flexibility index (Phi) is 8.73. The summed E-state index contributed by atoms with van der Waals surface area (Å²) in [4.78, 5) is 0. The van der Waals surface area contributed by atoms with Crippen LogP contribution in [0.25, 0.3) is 0 Å². The molecule has 14 heavy (non-hydrogen) atoms. The van der Waals surface area contributed by atoms with Gasteiger partial charge in [-0.25, -0.2) is 0 Å². The number of thioether (sulfide) groups is 1. The van der Waals surface area contributed by atoms with Crippen molar-refractivity contribution in [1.82, 2.24) is 5.32 Å². The minimum Gasteiger partial charge on any atom is -0.383 e. The molecule has 0 aliphatic heterocycles. The first-order valence-electron chi connectivity index (χ1n) is 5.43. The molecule has 86 valence electrons. The van der Waals surface area contributed by atoms with Gasteiger partial charge < -0.3 is 10.1 Å². The van der Waals surface area contributed by atoms with E-state index in [0.717, 1.165) is 30.9 Å². The van der Waals surface area contributed by atoms with Crippen molar-refractivity contribution in [3.63, 3.8) is 0 Å². The normalized spacial score (nSPS) is 15.9. The first-order chi connectivity index (χ1) is 6.57. The van der Waals surface area contributed by atoms with Gasteiger partial charge in [0.1, 0.15) is 0 Å². The molecule has 0 radical (unpaired) electrons. The van der Waals surface area contributed by atoms with Gasteiger partial charge in [0.2, 0.25) is 0 Å². The summed E-state index contributed by atoms with van der Waals surface area (Å²) >= 11 is 2.06. The number of ether oxygens (including phenoxy) is 1. The fourth-order valence-electron chi connectivity index (χ4n) is 1.05. The molecular formula is C11H25NOS. The molecule has 2 atom stereocenters. The minimum atomic E-state index is 0.684. The first kappa shape index (κ1) is 14.3. The van der Waals surface area contributed by atoms with Crippen molar-refractivity contribution >= 4 is 11.8 Å². The van der Waals surface area contributed by atoms with Crippen LogP contribution in [0.1, 0.15) is 27.7 Å². The van der Waals surface area contributed by atoms with E-state index in [1.165, 1.54) is 0 Å². The number of hydrogen-bond acceptors (Lipinski definition) is 3. The fourth-order valence-corrected chi connectivity index (χ4v) is 2.31. The molecule has 3 heteroatoms. The molecule has 0 saturated carbocycles. The summed E-state index contributed by atoms with van der Waals surface area (Å²) in [7, 11) is 1.74. The van der Waals surface area contributed by atoms with Crippen LogP contribution in [-0.2, 0) is 4.74 Å². The quantitative estimate of drug-likeness (QED) is 0.633. The van der Waals surface area contributed by atoms with Gasteiger partial charge in [-0.1, -0.05) is 27.7 Å². The summed E-state index contributed by atoms with van der Waals surface area (Å²) in [5, 5.41) is 4.81. The molecule has 0 aliphatic carbocycles. The van der Waals surface area contributed by atoms with Crippen molar-refractivity contribution in [2.45, 2.75) is 38.2 Å². The molecule has 0 saturated heterocycles. The third kappa shape index (κ3) is 7.65. The van der Waals surface area contributed by atoms with Gasteiger partial charge in [0.25, 0.3) is 0 Å². The van der Waals surface area contributed by atoms with Crippen LogP contribution >= 0.6 is 11.8 Å². The predicted molar refractivity (Wildman–Crippen MR) is 66.1 cm³/mol. The Morgan fingerprint density at radius 3 is 2.36 bits per heavy atom. The largest absolute Gasteiger partial charge is 0.383 e. The number of hydrogen-bond donors (Lipinski definition) is 1. The minimum absolute atomic E-state index is 0.684. The molecule has 0 fully saturated rings. The van der Waals surface area contributed by atoms with Gasteiger partial charge in [0.15, 0.2) is 0 Å². The number of rotatable bonds is 8. The van der Waals surface area contributed by atoms with Crippen molar-refractivity contribution in [3.8, 4) is 0 Å². The molecule has 0 spiro atoms. The highest BCUT2D eigenvalue weighted by atomic mass is 32.2. The van der Waals surface area contributed by atoms with Gasteiger partial charge in [-0.2, -0.15) is 11.8 Å². The van der Waals surface area contributed by atoms with Crippen LogP contribution in [0.4, 0.5) is 0 Å². The van der Waals surface area contributed by atoms with Gasteiger partial charge in [-0.15, -0.1) is 0 Å². The van der Waals surface area contributed by atoms with E-state index in [2.05, 4.69) is 44.8 Å². The highest BCUT2D eigenvalue weighted by Crippen LogP contribution is 2.22. The first-order valence-corrected chi connectivity index (χ1v) is 6.37. The van der Waals surface area contributed by atoms with E-state index in [-0.39, 0.29) is 0 Å². The average Bonchev–Trinajstić information content (AvgIpc) is 2.12. The van der Waals surface area contributed by atoms with Crippen molar-refractivity contribution in [3.05, 3.63) is 0 Å². The van der Waals surface area contributed by atoms with E-state index in [1.807, 2.05) is 0 Å². The summed E-state index contributed by atoms with van der Waals surface area (Å²) in [5.74, 6) is 0.765. The topological polar surface area (TPSA) is 21.3 Å². The summed E-state index contributed by atoms with van der Waals surface area (Å²) in [6.07, 6.45) is 0. The van der Waals surface area contributed by atoms with E-state index in [4.69, 9.17) is 4.74 Å². The highest BCUT2D eigenvalue weighted by molar-refractivity contribution is 8.00. The molecule has 0 heterocycles. The molecule has 2 unspecified atom stereocenters. The molecule has 0 rings (SSSR count). The third-order valence-corrected chi connectivity index (χ3v) is 3.91. The maximum absolute atomic E-state index is 4.97. The van der Waals surface area contributed by atoms with Crippen molar-refractivity contribution in [2.75, 3.05) is 26.8 Å². The maximum Gasteiger partial charge on any atom is 0.0587 e. The summed E-state index contributed by atoms with van der Waals surface area (Å²) in [6, 6.07) is 0. The number of methoxy groups -OCH3 is 1. The Bertz CT molecular complexity index is 130. The zero-order chi connectivity index (χ0) is 11.0. The Morgan fingerprint density at radius 1 is 1.21 bits per heavy atom. The monoisotopic (exact) mass is 219 g/mol. The second-order valence-electron chi connectivity index (χ2n) is 4.09. The summed E-state index contributed by atoms with van der Waals surface area (Å²) < 4.78 is 4.97. The van der Waals surface area contributed by atoms with Gasteiger partial charge >= 0.3 is 0 Å². The molecule has 0 aromatic carbocycles. The predicted octanol–water partition coefficient (Wildman–Crippen LogP) is 2.39. The zero-order valence-corrected chi connectivity index (χ0v) is 11.0. The fraction of sp³-hybridized carbons (Fsp3) is 1.00.